The number of esters is 2. The van der Waals surface area contributed by atoms with Gasteiger partial charge in [0.05, 0.1) is 13.0 Å². The summed E-state index contributed by atoms with van der Waals surface area (Å²) in [5, 5.41) is 0. The van der Waals surface area contributed by atoms with E-state index >= 15 is 0 Å². The molecule has 0 heterocycles. The smallest absolute Gasteiger partial charge is 0.351 e. The maximum Gasteiger partial charge on any atom is 0.351 e. The Morgan fingerprint density at radius 3 is 2.07 bits per heavy atom. The first-order chi connectivity index (χ1) is 13.2. The molecule has 5 nitrogen and oxygen atoms in total. The van der Waals surface area contributed by atoms with Crippen molar-refractivity contribution in [3.05, 3.63) is 60.2 Å². The summed E-state index contributed by atoms with van der Waals surface area (Å²) in [6, 6.07) is 16.2. The Kier molecular flexibility index (Phi) is 5.20. The van der Waals surface area contributed by atoms with Crippen molar-refractivity contribution >= 4 is 11.9 Å². The molecule has 3 rings (SSSR count). The number of benzene rings is 2. The standard InChI is InChI=1S/C23H26O5/c1-22(2)19(23(22,3)4)21(25)28-18(20(24)26-5)15-10-9-13-17(14-15)27-16-11-7-6-8-12-16/h6-14,18-19H,1-5H3. The summed E-state index contributed by atoms with van der Waals surface area (Å²) in [6.07, 6.45) is -1.14. The molecule has 0 spiro atoms. The van der Waals surface area contributed by atoms with E-state index in [9.17, 15) is 9.59 Å². The molecule has 5 heteroatoms. The van der Waals surface area contributed by atoms with Crippen LogP contribution in [0.25, 0.3) is 0 Å². The molecule has 2 aromatic carbocycles. The average molecular weight is 382 g/mol. The number of rotatable bonds is 6. The van der Waals surface area contributed by atoms with E-state index < -0.39 is 12.1 Å². The van der Waals surface area contributed by atoms with E-state index in [1.807, 2.05) is 58.0 Å². The fourth-order valence-corrected chi connectivity index (χ4v) is 3.69. The van der Waals surface area contributed by atoms with E-state index in [0.29, 0.717) is 17.1 Å². The van der Waals surface area contributed by atoms with Crippen molar-refractivity contribution < 1.29 is 23.8 Å². The van der Waals surface area contributed by atoms with Crippen LogP contribution in [-0.2, 0) is 19.1 Å². The van der Waals surface area contributed by atoms with E-state index in [1.54, 1.807) is 24.3 Å². The van der Waals surface area contributed by atoms with Crippen LogP contribution in [0.4, 0.5) is 0 Å². The maximum absolute atomic E-state index is 12.8. The summed E-state index contributed by atoms with van der Waals surface area (Å²) >= 11 is 0. The second-order valence-corrected chi connectivity index (χ2v) is 8.20. The van der Waals surface area contributed by atoms with Crippen LogP contribution < -0.4 is 4.74 Å². The Bertz CT molecular complexity index is 856. The SMILES string of the molecule is COC(=O)C(OC(=O)C1C(C)(C)C1(C)C)c1cccc(Oc2ccccc2)c1. The third-order valence-corrected chi connectivity index (χ3v) is 6.05. The molecule has 0 amide bonds. The number of ether oxygens (including phenoxy) is 3. The van der Waals surface area contributed by atoms with E-state index in [1.165, 1.54) is 7.11 Å². The molecule has 0 aliphatic heterocycles. The third kappa shape index (κ3) is 3.61. The van der Waals surface area contributed by atoms with Crippen LogP contribution in [0.3, 0.4) is 0 Å². The Hall–Kier alpha value is -2.82. The molecule has 1 aliphatic rings. The highest BCUT2D eigenvalue weighted by Crippen LogP contribution is 2.68. The van der Waals surface area contributed by atoms with Crippen LogP contribution in [0.2, 0.25) is 0 Å². The zero-order chi connectivity index (χ0) is 20.5. The zero-order valence-electron chi connectivity index (χ0n) is 16.9. The third-order valence-electron chi connectivity index (χ3n) is 6.05. The van der Waals surface area contributed by atoms with Crippen molar-refractivity contribution in [2.45, 2.75) is 33.8 Å². The number of methoxy groups -OCH3 is 1. The lowest BCUT2D eigenvalue weighted by molar-refractivity contribution is -0.168. The lowest BCUT2D eigenvalue weighted by atomic mass is 10.0. The molecule has 1 saturated carbocycles. The highest BCUT2D eigenvalue weighted by molar-refractivity contribution is 5.84. The second-order valence-electron chi connectivity index (χ2n) is 8.20. The van der Waals surface area contributed by atoms with E-state index in [-0.39, 0.29) is 22.7 Å². The number of carbonyl (C=O) groups excluding carboxylic acids is 2. The molecule has 28 heavy (non-hydrogen) atoms. The molecule has 0 saturated heterocycles. The number of para-hydroxylation sites is 1. The largest absolute Gasteiger partial charge is 0.466 e. The minimum absolute atomic E-state index is 0.178. The molecular weight excluding hydrogens is 356 g/mol. The van der Waals surface area contributed by atoms with Gasteiger partial charge in [-0.05, 0) is 35.1 Å². The second kappa shape index (κ2) is 7.30. The summed E-state index contributed by atoms with van der Waals surface area (Å²) in [7, 11) is 1.28. The van der Waals surface area contributed by atoms with Gasteiger partial charge in [0.1, 0.15) is 11.5 Å². The first-order valence-electron chi connectivity index (χ1n) is 9.29. The monoisotopic (exact) mass is 382 g/mol. The Morgan fingerprint density at radius 2 is 1.50 bits per heavy atom. The van der Waals surface area contributed by atoms with Gasteiger partial charge in [0.2, 0.25) is 6.10 Å². The maximum atomic E-state index is 12.8. The van der Waals surface area contributed by atoms with Gasteiger partial charge in [0.15, 0.2) is 0 Å². The molecule has 0 aromatic heterocycles. The highest BCUT2D eigenvalue weighted by atomic mass is 16.6. The van der Waals surface area contributed by atoms with Gasteiger partial charge in [-0.15, -0.1) is 0 Å². The molecule has 1 unspecified atom stereocenters. The summed E-state index contributed by atoms with van der Waals surface area (Å²) in [4.78, 5) is 25.1. The quantitative estimate of drug-likeness (QED) is 0.664. The van der Waals surface area contributed by atoms with Crippen LogP contribution in [0.15, 0.2) is 54.6 Å². The lowest BCUT2D eigenvalue weighted by Crippen LogP contribution is -2.23. The normalized spacial score (nSPS) is 18.0. The van der Waals surface area contributed by atoms with Gasteiger partial charge >= 0.3 is 11.9 Å². The Labute approximate surface area is 165 Å². The minimum Gasteiger partial charge on any atom is -0.466 e. The van der Waals surface area contributed by atoms with E-state index in [0.717, 1.165) is 0 Å². The molecule has 148 valence electrons. The summed E-state index contributed by atoms with van der Waals surface area (Å²) < 4.78 is 16.3. The molecular formula is C23H26O5. The predicted octanol–water partition coefficient (Wildman–Crippen LogP) is 4.92. The van der Waals surface area contributed by atoms with Gasteiger partial charge in [-0.2, -0.15) is 0 Å². The van der Waals surface area contributed by atoms with Crippen molar-refractivity contribution in [1.29, 1.82) is 0 Å². The van der Waals surface area contributed by atoms with Gasteiger partial charge in [0, 0.05) is 5.56 Å². The fraction of sp³-hybridized carbons (Fsp3) is 0.391. The van der Waals surface area contributed by atoms with Crippen LogP contribution in [-0.4, -0.2) is 19.0 Å². The predicted molar refractivity (Wildman–Crippen MR) is 105 cm³/mol. The van der Waals surface area contributed by atoms with Crippen molar-refractivity contribution in [2.75, 3.05) is 7.11 Å². The molecule has 2 aromatic rings. The number of hydrogen-bond donors (Lipinski definition) is 0. The van der Waals surface area contributed by atoms with Gasteiger partial charge in [-0.3, -0.25) is 4.79 Å². The molecule has 0 N–H and O–H groups in total. The van der Waals surface area contributed by atoms with Crippen molar-refractivity contribution in [3.63, 3.8) is 0 Å². The van der Waals surface area contributed by atoms with Gasteiger partial charge < -0.3 is 14.2 Å². The van der Waals surface area contributed by atoms with Crippen LogP contribution in [0.1, 0.15) is 39.4 Å². The Balaban J connectivity index is 1.82. The van der Waals surface area contributed by atoms with Crippen molar-refractivity contribution in [3.8, 4) is 11.5 Å². The van der Waals surface area contributed by atoms with Gasteiger partial charge in [-0.1, -0.05) is 58.0 Å². The van der Waals surface area contributed by atoms with Crippen LogP contribution >= 0.6 is 0 Å². The molecule has 0 radical (unpaired) electrons. The molecule has 1 fully saturated rings. The van der Waals surface area contributed by atoms with E-state index in [2.05, 4.69) is 0 Å². The summed E-state index contributed by atoms with van der Waals surface area (Å²) in [5.41, 5.74) is 0.149. The molecule has 1 aliphatic carbocycles. The zero-order valence-corrected chi connectivity index (χ0v) is 16.9. The lowest BCUT2D eigenvalue weighted by Gasteiger charge is -2.17. The molecule has 1 atom stereocenters. The fourth-order valence-electron chi connectivity index (χ4n) is 3.69. The van der Waals surface area contributed by atoms with Gasteiger partial charge in [-0.25, -0.2) is 4.79 Å². The number of carbonyl (C=O) groups is 2. The van der Waals surface area contributed by atoms with Crippen LogP contribution in [0, 0.1) is 16.7 Å². The first-order valence-corrected chi connectivity index (χ1v) is 9.29. The summed E-state index contributed by atoms with van der Waals surface area (Å²) in [6.45, 7) is 8.11. The van der Waals surface area contributed by atoms with Crippen molar-refractivity contribution in [1.82, 2.24) is 0 Å². The van der Waals surface area contributed by atoms with Crippen LogP contribution in [0.5, 0.6) is 11.5 Å². The van der Waals surface area contributed by atoms with Crippen molar-refractivity contribution in [2.24, 2.45) is 16.7 Å². The minimum atomic E-state index is -1.14. The molecule has 0 bridgehead atoms. The van der Waals surface area contributed by atoms with E-state index in [4.69, 9.17) is 14.2 Å². The number of hydrogen-bond acceptors (Lipinski definition) is 5. The topological polar surface area (TPSA) is 61.8 Å². The Morgan fingerprint density at radius 1 is 0.893 bits per heavy atom. The van der Waals surface area contributed by atoms with Gasteiger partial charge in [0.25, 0.3) is 0 Å². The summed E-state index contributed by atoms with van der Waals surface area (Å²) in [5.74, 6) is -0.0642. The average Bonchev–Trinajstić information content (AvgIpc) is 3.08. The first kappa shape index (κ1) is 19.9. The highest BCUT2D eigenvalue weighted by Gasteiger charge is 2.69.